The van der Waals surface area contributed by atoms with Crippen LogP contribution in [0, 0.1) is 0 Å². The Morgan fingerprint density at radius 1 is 1.21 bits per heavy atom. The van der Waals surface area contributed by atoms with Gasteiger partial charge in [0, 0.05) is 36.8 Å². The van der Waals surface area contributed by atoms with Crippen LogP contribution in [0.15, 0.2) is 47.6 Å². The third-order valence-corrected chi connectivity index (χ3v) is 6.74. The van der Waals surface area contributed by atoms with E-state index < -0.39 is 0 Å². The lowest BCUT2D eigenvalue weighted by Gasteiger charge is -2.28. The second-order valence-corrected chi connectivity index (χ2v) is 8.79. The average molecular weight is 411 g/mol. The van der Waals surface area contributed by atoms with Crippen LogP contribution in [0.25, 0.3) is 0 Å². The molecule has 4 rings (SSSR count). The van der Waals surface area contributed by atoms with E-state index in [-0.39, 0.29) is 11.8 Å². The van der Waals surface area contributed by atoms with Crippen LogP contribution in [0.3, 0.4) is 0 Å². The number of benzene rings is 1. The summed E-state index contributed by atoms with van der Waals surface area (Å²) in [5.74, 6) is -0.0364. The molecule has 2 fully saturated rings. The van der Waals surface area contributed by atoms with Crippen molar-refractivity contribution in [1.29, 1.82) is 0 Å². The molecular formula is C22H26N4O2S. The maximum absolute atomic E-state index is 12.7. The van der Waals surface area contributed by atoms with Crippen molar-refractivity contribution in [2.24, 2.45) is 0 Å². The highest BCUT2D eigenvalue weighted by molar-refractivity contribution is 7.99. The predicted molar refractivity (Wildman–Crippen MR) is 115 cm³/mol. The molecule has 2 aromatic rings. The zero-order valence-corrected chi connectivity index (χ0v) is 17.2. The van der Waals surface area contributed by atoms with Crippen LogP contribution in [0.4, 0.5) is 5.69 Å². The molecule has 2 aliphatic rings. The summed E-state index contributed by atoms with van der Waals surface area (Å²) in [5.41, 5.74) is 2.70. The number of carbonyl (C=O) groups is 2. The Kier molecular flexibility index (Phi) is 6.34. The van der Waals surface area contributed by atoms with Crippen molar-refractivity contribution < 1.29 is 9.59 Å². The number of nitrogens with one attached hydrogen (secondary N) is 2. The van der Waals surface area contributed by atoms with Gasteiger partial charge in [0.2, 0.25) is 5.91 Å². The number of piperazine rings is 1. The van der Waals surface area contributed by atoms with Crippen LogP contribution >= 0.6 is 11.8 Å². The van der Waals surface area contributed by atoms with Gasteiger partial charge < -0.3 is 15.5 Å². The molecule has 2 N–H and O–H groups in total. The zero-order valence-electron chi connectivity index (χ0n) is 16.4. The molecule has 1 aliphatic carbocycles. The minimum atomic E-state index is -0.0876. The molecule has 1 aromatic heterocycles. The first-order valence-electron chi connectivity index (χ1n) is 10.2. The fourth-order valence-electron chi connectivity index (χ4n) is 3.78. The molecule has 1 saturated heterocycles. The van der Waals surface area contributed by atoms with Crippen LogP contribution in [-0.4, -0.2) is 41.7 Å². The third-order valence-electron chi connectivity index (χ3n) is 5.39. The van der Waals surface area contributed by atoms with Gasteiger partial charge in [-0.05, 0) is 42.7 Å². The Morgan fingerprint density at radius 3 is 2.76 bits per heavy atom. The van der Waals surface area contributed by atoms with Gasteiger partial charge in [0.05, 0.1) is 12.1 Å². The van der Waals surface area contributed by atoms with Gasteiger partial charge in [-0.1, -0.05) is 25.0 Å². The summed E-state index contributed by atoms with van der Waals surface area (Å²) in [6.07, 6.45) is 6.70. The number of hydrogen-bond acceptors (Lipinski definition) is 5. The van der Waals surface area contributed by atoms with Crippen LogP contribution in [0.1, 0.15) is 41.6 Å². The lowest BCUT2D eigenvalue weighted by Crippen LogP contribution is -2.47. The van der Waals surface area contributed by atoms with E-state index in [1.165, 1.54) is 25.7 Å². The maximum Gasteiger partial charge on any atom is 0.254 e. The minimum Gasteiger partial charge on any atom is -0.360 e. The van der Waals surface area contributed by atoms with Crippen molar-refractivity contribution in [3.8, 4) is 0 Å². The number of aromatic nitrogens is 1. The normalized spacial score (nSPS) is 17.2. The van der Waals surface area contributed by atoms with Crippen molar-refractivity contribution in [2.45, 2.75) is 42.5 Å². The largest absolute Gasteiger partial charge is 0.360 e. The Bertz CT molecular complexity index is 865. The van der Waals surface area contributed by atoms with E-state index >= 15 is 0 Å². The Hall–Kier alpha value is -2.54. The first-order valence-corrected chi connectivity index (χ1v) is 11.1. The second kappa shape index (κ2) is 9.31. The van der Waals surface area contributed by atoms with Gasteiger partial charge in [0.15, 0.2) is 0 Å². The summed E-state index contributed by atoms with van der Waals surface area (Å²) in [4.78, 5) is 30.8. The molecule has 152 valence electrons. The highest BCUT2D eigenvalue weighted by atomic mass is 32.2. The number of thioether (sulfide) groups is 1. The third kappa shape index (κ3) is 5.09. The van der Waals surface area contributed by atoms with Crippen molar-refractivity contribution in [1.82, 2.24) is 15.6 Å². The van der Waals surface area contributed by atoms with Crippen LogP contribution in [0.2, 0.25) is 0 Å². The molecule has 1 aromatic carbocycles. The molecule has 29 heavy (non-hydrogen) atoms. The molecule has 2 heterocycles. The summed E-state index contributed by atoms with van der Waals surface area (Å²) in [6, 6.07) is 11.7. The van der Waals surface area contributed by atoms with Crippen LogP contribution < -0.4 is 15.5 Å². The highest BCUT2D eigenvalue weighted by Gasteiger charge is 2.21. The summed E-state index contributed by atoms with van der Waals surface area (Å²) in [7, 11) is 0. The molecule has 2 amide bonds. The van der Waals surface area contributed by atoms with E-state index in [0.717, 1.165) is 22.8 Å². The lowest BCUT2D eigenvalue weighted by molar-refractivity contribution is -0.120. The molecule has 0 atom stereocenters. The van der Waals surface area contributed by atoms with Crippen molar-refractivity contribution in [3.05, 3.63) is 53.7 Å². The monoisotopic (exact) mass is 410 g/mol. The Labute approximate surface area is 175 Å². The van der Waals surface area contributed by atoms with Gasteiger partial charge in [-0.3, -0.25) is 9.59 Å². The number of nitrogens with zero attached hydrogens (tertiary/aromatic N) is 2. The number of pyridine rings is 1. The molecule has 0 radical (unpaired) electrons. The topological polar surface area (TPSA) is 74.3 Å². The van der Waals surface area contributed by atoms with Gasteiger partial charge in [-0.25, -0.2) is 4.98 Å². The molecular weight excluding hydrogens is 384 g/mol. The molecule has 0 bridgehead atoms. The summed E-state index contributed by atoms with van der Waals surface area (Å²) < 4.78 is 0. The Morgan fingerprint density at radius 2 is 2.00 bits per heavy atom. The standard InChI is InChI=1S/C22H26N4O2S/c27-20-15-26(13-12-23-20)17-9-7-16(8-10-17)14-25-21(28)19-6-3-11-24-22(19)29-18-4-1-2-5-18/h3,6-11,18H,1-2,4-5,12-15H2,(H,23,27)(H,25,28). The summed E-state index contributed by atoms with van der Waals surface area (Å²) in [5, 5.41) is 7.25. The first kappa shape index (κ1) is 19.8. The van der Waals surface area contributed by atoms with Gasteiger partial charge >= 0.3 is 0 Å². The smallest absolute Gasteiger partial charge is 0.254 e. The average Bonchev–Trinajstić information content (AvgIpc) is 3.26. The minimum absolute atomic E-state index is 0.0512. The van der Waals surface area contributed by atoms with E-state index in [2.05, 4.69) is 20.5 Å². The lowest BCUT2D eigenvalue weighted by atomic mass is 10.1. The van der Waals surface area contributed by atoms with E-state index in [1.54, 1.807) is 18.0 Å². The quantitative estimate of drug-likeness (QED) is 0.766. The molecule has 1 saturated carbocycles. The molecule has 0 spiro atoms. The summed E-state index contributed by atoms with van der Waals surface area (Å²) >= 11 is 1.74. The number of anilines is 1. The maximum atomic E-state index is 12.7. The fraction of sp³-hybridized carbons (Fsp3) is 0.409. The first-order chi connectivity index (χ1) is 14.2. The van der Waals surface area contributed by atoms with Gasteiger partial charge in [-0.2, -0.15) is 0 Å². The molecule has 0 unspecified atom stereocenters. The van der Waals surface area contributed by atoms with E-state index in [9.17, 15) is 9.59 Å². The van der Waals surface area contributed by atoms with E-state index in [1.807, 2.05) is 36.4 Å². The number of carbonyl (C=O) groups excluding carboxylic acids is 2. The Balaban J connectivity index is 1.35. The van der Waals surface area contributed by atoms with Gasteiger partial charge in [-0.15, -0.1) is 11.8 Å². The number of rotatable bonds is 6. The van der Waals surface area contributed by atoms with Gasteiger partial charge in [0.1, 0.15) is 5.03 Å². The van der Waals surface area contributed by atoms with Crippen molar-refractivity contribution >= 4 is 29.3 Å². The summed E-state index contributed by atoms with van der Waals surface area (Å²) in [6.45, 7) is 2.33. The molecule has 6 nitrogen and oxygen atoms in total. The fourth-order valence-corrected chi connectivity index (χ4v) is 5.08. The highest BCUT2D eigenvalue weighted by Crippen LogP contribution is 2.35. The van der Waals surface area contributed by atoms with Crippen molar-refractivity contribution in [3.63, 3.8) is 0 Å². The van der Waals surface area contributed by atoms with E-state index in [4.69, 9.17) is 0 Å². The second-order valence-electron chi connectivity index (χ2n) is 7.50. The van der Waals surface area contributed by atoms with Crippen LogP contribution in [-0.2, 0) is 11.3 Å². The molecule has 7 heteroatoms. The molecule has 1 aliphatic heterocycles. The SMILES string of the molecule is O=C1CN(c2ccc(CNC(=O)c3cccnc3SC3CCCC3)cc2)CCN1. The zero-order chi connectivity index (χ0) is 20.1. The van der Waals surface area contributed by atoms with Crippen LogP contribution in [0.5, 0.6) is 0 Å². The van der Waals surface area contributed by atoms with E-state index in [0.29, 0.717) is 30.4 Å². The van der Waals surface area contributed by atoms with Gasteiger partial charge in [0.25, 0.3) is 5.91 Å². The number of hydrogen-bond donors (Lipinski definition) is 2. The predicted octanol–water partition coefficient (Wildman–Crippen LogP) is 2.98. The van der Waals surface area contributed by atoms with Crippen molar-refractivity contribution in [2.75, 3.05) is 24.5 Å². The number of amides is 2.